The van der Waals surface area contributed by atoms with Gasteiger partial charge in [-0.1, -0.05) is 0 Å². The van der Waals surface area contributed by atoms with Crippen LogP contribution < -0.4 is 16.0 Å². The summed E-state index contributed by atoms with van der Waals surface area (Å²) in [5.41, 5.74) is 0. The zero-order chi connectivity index (χ0) is 68.0. The van der Waals surface area contributed by atoms with E-state index in [2.05, 4.69) is 16.0 Å². The van der Waals surface area contributed by atoms with E-state index >= 15 is 0 Å². The molecule has 35 atom stereocenters. The number of carboxylic acid groups (broad SMARTS) is 1. The van der Waals surface area contributed by atoms with Crippen LogP contribution in [0.2, 0.25) is 0 Å². The smallest absolute Gasteiger partial charge is 0.364 e. The minimum Gasteiger partial charge on any atom is -0.477 e. The second-order valence-electron chi connectivity index (χ2n) is 23.0. The normalized spacial score (nSPS) is 44.3. The van der Waals surface area contributed by atoms with Gasteiger partial charge in [0, 0.05) is 27.2 Å². The highest BCUT2D eigenvalue weighted by atomic mass is 16.8. The van der Waals surface area contributed by atoms with Crippen molar-refractivity contribution in [3.8, 4) is 0 Å². The fraction of sp³-hybridized carbons (Fsp3) is 0.922. The molecule has 0 bridgehead atoms. The first-order chi connectivity index (χ1) is 42.7. The Kier molecular flexibility index (Phi) is 27.8. The van der Waals surface area contributed by atoms with Crippen molar-refractivity contribution >= 4 is 23.7 Å². The number of hydrogen-bond acceptors (Lipinski definition) is 36. The molecular formula is C51H87N3O37. The van der Waals surface area contributed by atoms with E-state index < -0.39 is 284 Å². The summed E-state index contributed by atoms with van der Waals surface area (Å²) < 4.78 is 70.9. The number of ether oxygens (including phenoxy) is 12. The minimum absolute atomic E-state index is 0.830. The summed E-state index contributed by atoms with van der Waals surface area (Å²) in [7, 11) is 0. The number of aliphatic hydroxyl groups excluding tert-OH is 20. The molecule has 0 unspecified atom stereocenters. The number of nitrogens with one attached hydrogen (secondary N) is 3. The number of amides is 3. The lowest BCUT2D eigenvalue weighted by atomic mass is 9.88. The highest BCUT2D eigenvalue weighted by Gasteiger charge is 2.60. The van der Waals surface area contributed by atoms with Gasteiger partial charge in [0.25, 0.3) is 5.79 Å². The predicted octanol–water partition coefficient (Wildman–Crippen LogP) is -14.9. The van der Waals surface area contributed by atoms with E-state index in [1.807, 2.05) is 0 Å². The Balaban J connectivity index is 1.48. The zero-order valence-electron chi connectivity index (χ0n) is 49.5. The first kappa shape index (κ1) is 76.6. The second kappa shape index (κ2) is 33.0. The molecule has 40 nitrogen and oxygen atoms in total. The van der Waals surface area contributed by atoms with Crippen molar-refractivity contribution in [1.29, 1.82) is 0 Å². The molecule has 0 aromatic rings. The molecule has 6 fully saturated rings. The van der Waals surface area contributed by atoms with Gasteiger partial charge >= 0.3 is 5.97 Å². The van der Waals surface area contributed by atoms with Crippen LogP contribution in [0.3, 0.4) is 0 Å². The third kappa shape index (κ3) is 17.6. The molecular weight excluding hydrogens is 1250 g/mol. The molecule has 0 aliphatic carbocycles. The number of rotatable bonds is 27. The second-order valence-corrected chi connectivity index (χ2v) is 23.0. The Morgan fingerprint density at radius 1 is 0.527 bits per heavy atom. The summed E-state index contributed by atoms with van der Waals surface area (Å²) in [5, 5.41) is 237. The summed E-state index contributed by atoms with van der Waals surface area (Å²) in [6.07, 6.45) is -66.3. The molecule has 24 N–H and O–H groups in total. The van der Waals surface area contributed by atoms with E-state index in [9.17, 15) is 126 Å². The van der Waals surface area contributed by atoms with Gasteiger partial charge < -0.3 is 180 Å². The van der Waals surface area contributed by atoms with Crippen molar-refractivity contribution in [3.05, 3.63) is 0 Å². The topological polar surface area (TPSA) is 640 Å². The van der Waals surface area contributed by atoms with Crippen LogP contribution in [0.1, 0.15) is 41.0 Å². The molecule has 40 heteroatoms. The SMILES string of the molecule is CC(=O)N[C@H]1[C@H](OC[C@H]2O[C@@H](O[C@@H]([C@@H](O)[C@H](O)CO[C@]3(C(=O)O)C[C@H](O)[C@@H](NC(C)=O)[C@H]([C@H](O)[C@H](O)CO)O3)[C@H](CO)NC(C)=O)[C@H](O[C@H]3O[C@H](C)[C@H](O)[C@H](O)[C@H]3O)[C@@H](O[C@@H]3O[C@H](CO)[C@H](O)[C@H](O)[C@H]3O[C@H]3O[C@H](C)[C@H](O)[C@H](O)[C@H]3O)[C@H]2O)O[C@H](CO)[C@@H](O)[C@@H]1O. The maximum Gasteiger partial charge on any atom is 0.364 e. The molecule has 3 amide bonds. The maximum absolute atomic E-state index is 13.1. The maximum atomic E-state index is 13.1. The van der Waals surface area contributed by atoms with E-state index in [1.54, 1.807) is 0 Å². The average Bonchev–Trinajstić information content (AvgIpc) is 0.821. The first-order valence-electron chi connectivity index (χ1n) is 28.9. The van der Waals surface area contributed by atoms with Crippen LogP contribution in [0.25, 0.3) is 0 Å². The van der Waals surface area contributed by atoms with Gasteiger partial charge in [-0.05, 0) is 13.8 Å². The highest BCUT2D eigenvalue weighted by Crippen LogP contribution is 2.39. The Morgan fingerprint density at radius 3 is 1.54 bits per heavy atom. The van der Waals surface area contributed by atoms with Gasteiger partial charge in [0.2, 0.25) is 17.7 Å². The lowest BCUT2D eigenvalue weighted by molar-refractivity contribution is -0.409. The van der Waals surface area contributed by atoms with Crippen molar-refractivity contribution in [3.63, 3.8) is 0 Å². The van der Waals surface area contributed by atoms with Crippen molar-refractivity contribution in [2.24, 2.45) is 0 Å². The summed E-state index contributed by atoms with van der Waals surface area (Å²) >= 11 is 0. The van der Waals surface area contributed by atoms with E-state index in [1.165, 1.54) is 13.8 Å². The highest BCUT2D eigenvalue weighted by molar-refractivity contribution is 5.77. The van der Waals surface area contributed by atoms with E-state index in [0.29, 0.717) is 0 Å². The molecule has 6 saturated heterocycles. The van der Waals surface area contributed by atoms with Crippen molar-refractivity contribution in [2.75, 3.05) is 39.6 Å². The molecule has 0 radical (unpaired) electrons. The lowest BCUT2D eigenvalue weighted by Crippen LogP contribution is -2.69. The number of carbonyl (C=O) groups excluding carboxylic acids is 3. The van der Waals surface area contributed by atoms with Crippen LogP contribution in [0.5, 0.6) is 0 Å². The molecule has 6 heterocycles. The van der Waals surface area contributed by atoms with E-state index in [0.717, 1.165) is 20.8 Å². The molecule has 0 spiro atoms. The molecule has 0 aromatic heterocycles. The van der Waals surface area contributed by atoms with Gasteiger partial charge in [-0.25, -0.2) is 4.79 Å². The monoisotopic (exact) mass is 1330 g/mol. The van der Waals surface area contributed by atoms with Gasteiger partial charge in [-0.15, -0.1) is 0 Å². The van der Waals surface area contributed by atoms with Crippen LogP contribution in [0.4, 0.5) is 0 Å². The molecule has 6 aliphatic rings. The van der Waals surface area contributed by atoms with Crippen LogP contribution in [-0.4, -0.2) is 385 Å². The summed E-state index contributed by atoms with van der Waals surface area (Å²) in [5.74, 6) is -7.95. The quantitative estimate of drug-likeness (QED) is 0.0363. The number of aliphatic carboxylic acids is 1. The number of carbonyl (C=O) groups is 4. The predicted molar refractivity (Wildman–Crippen MR) is 283 cm³/mol. The zero-order valence-corrected chi connectivity index (χ0v) is 49.5. The Hall–Kier alpha value is -3.40. The minimum atomic E-state index is -3.18. The third-order valence-corrected chi connectivity index (χ3v) is 16.3. The van der Waals surface area contributed by atoms with Gasteiger partial charge in [0.05, 0.1) is 70.0 Å². The van der Waals surface area contributed by atoms with Crippen molar-refractivity contribution in [2.45, 2.75) is 255 Å². The largest absolute Gasteiger partial charge is 0.477 e. The lowest BCUT2D eigenvalue weighted by Gasteiger charge is -2.51. The van der Waals surface area contributed by atoms with Crippen molar-refractivity contribution < 1.29 is 183 Å². The molecule has 0 aromatic carbocycles. The molecule has 0 saturated carbocycles. The average molecular weight is 1330 g/mol. The van der Waals surface area contributed by atoms with Crippen LogP contribution >= 0.6 is 0 Å². The number of carboxylic acids is 1. The van der Waals surface area contributed by atoms with Crippen LogP contribution in [0, 0.1) is 0 Å². The fourth-order valence-electron chi connectivity index (χ4n) is 11.1. The van der Waals surface area contributed by atoms with E-state index in [4.69, 9.17) is 56.8 Å². The Morgan fingerprint density at radius 2 is 1.03 bits per heavy atom. The summed E-state index contributed by atoms with van der Waals surface area (Å²) in [6.45, 7) is -1.77. The third-order valence-electron chi connectivity index (χ3n) is 16.3. The van der Waals surface area contributed by atoms with Crippen LogP contribution in [-0.2, 0) is 76.0 Å². The Labute approximate surface area is 516 Å². The molecule has 528 valence electrons. The summed E-state index contributed by atoms with van der Waals surface area (Å²) in [4.78, 5) is 50.5. The van der Waals surface area contributed by atoms with E-state index in [-0.39, 0.29) is 0 Å². The molecule has 6 aliphatic heterocycles. The number of aliphatic hydroxyl groups is 20. The van der Waals surface area contributed by atoms with Crippen molar-refractivity contribution in [1.82, 2.24) is 16.0 Å². The van der Waals surface area contributed by atoms with Crippen LogP contribution in [0.15, 0.2) is 0 Å². The summed E-state index contributed by atoms with van der Waals surface area (Å²) in [6, 6.07) is -5.37. The van der Waals surface area contributed by atoms with Gasteiger partial charge in [-0.3, -0.25) is 14.4 Å². The molecule has 6 rings (SSSR count). The number of hydrogen-bond donors (Lipinski definition) is 24. The van der Waals surface area contributed by atoms with Gasteiger partial charge in [0.15, 0.2) is 31.5 Å². The van der Waals surface area contributed by atoms with Gasteiger partial charge in [-0.2, -0.15) is 0 Å². The standard InChI is InChI=1S/C51H87N3O37/c1-13-27(65)35(73)38(76)46(82-13)89-43-37(75)32(70)23(10-58)85-48(43)88-42-33(71)24(12-80-45-26(54-17(5)61)34(72)31(69)22(9-57)84-45)86-49(44(42)90-47-39(77)36(74)28(66)14(2)83-47)87-40(18(7-55)52-15(3)59)30(68)21(64)11-81-51(50(78)79)6-19(62)25(53-16(4)60)41(91-51)29(67)20(63)8-56/h13-14,18-49,55-58,62-77H,6-12H2,1-5H3,(H,52,59)(H,53,60)(H,54,61)(H,78,79)/t13-,14-,18+,19+,20-,21-,22-,23-,24-,25-,26-,27+,28+,29-,30+,31-,32+,33+,34-,35+,36+,37+,38-,39-,40-,41-,42+,43-,44-,45-,46-,47-,48+,49+,51-/m1/s1. The van der Waals surface area contributed by atoms with Gasteiger partial charge in [0.1, 0.15) is 146 Å². The first-order valence-corrected chi connectivity index (χ1v) is 28.9. The Bertz CT molecular complexity index is 2330. The molecule has 91 heavy (non-hydrogen) atoms. The fourth-order valence-corrected chi connectivity index (χ4v) is 11.1.